The van der Waals surface area contributed by atoms with Crippen molar-refractivity contribution in [2.45, 2.75) is 46.7 Å². The maximum Gasteiger partial charge on any atom is 0.252 e. The molecule has 1 heterocycles. The third-order valence-corrected chi connectivity index (χ3v) is 6.05. The molecule has 0 aliphatic rings. The van der Waals surface area contributed by atoms with Crippen LogP contribution in [0.4, 0.5) is 0 Å². The van der Waals surface area contributed by atoms with Gasteiger partial charge in [-0.3, -0.25) is 9.59 Å². The van der Waals surface area contributed by atoms with Crippen LogP contribution in [0.3, 0.4) is 0 Å². The summed E-state index contributed by atoms with van der Waals surface area (Å²) in [6, 6.07) is 4.35. The number of nitrogens with one attached hydrogen (secondary N) is 2. The molecule has 0 aliphatic carbocycles. The number of aryl methyl sites for hydroxylation is 2. The molecule has 0 unspecified atom stereocenters. The fourth-order valence-corrected chi connectivity index (χ4v) is 4.46. The highest BCUT2D eigenvalue weighted by Gasteiger charge is 2.27. The van der Waals surface area contributed by atoms with E-state index in [1.165, 1.54) is 31.1 Å². The van der Waals surface area contributed by atoms with Gasteiger partial charge in [-0.25, -0.2) is 0 Å². The van der Waals surface area contributed by atoms with Gasteiger partial charge in [0.15, 0.2) is 11.5 Å². The standard InChI is InChI=1S/C23H32N2O5S/c1-12(2)20(23(27)24-14(4)17-9-13(3)31-15(17)5)25-22(26)16-10-18(28-6)21(30-8)19(11-16)29-7/h9-12,14,20H,1-8H3,(H,24,27)(H,25,26)/t14-,20-/m1/s1. The lowest BCUT2D eigenvalue weighted by Gasteiger charge is -2.24. The van der Waals surface area contributed by atoms with Crippen molar-refractivity contribution in [1.82, 2.24) is 10.6 Å². The van der Waals surface area contributed by atoms with Crippen molar-refractivity contribution in [2.24, 2.45) is 5.92 Å². The van der Waals surface area contributed by atoms with E-state index in [1.54, 1.807) is 23.5 Å². The molecule has 0 saturated heterocycles. The third-order valence-electron chi connectivity index (χ3n) is 5.07. The predicted octanol–water partition coefficient (Wildman–Crippen LogP) is 4.02. The van der Waals surface area contributed by atoms with E-state index in [1.807, 2.05) is 34.6 Å². The quantitative estimate of drug-likeness (QED) is 0.605. The Hall–Kier alpha value is -2.74. The average molecular weight is 449 g/mol. The van der Waals surface area contributed by atoms with Crippen molar-refractivity contribution in [3.63, 3.8) is 0 Å². The number of thiophene rings is 1. The lowest BCUT2D eigenvalue weighted by Crippen LogP contribution is -2.50. The zero-order chi connectivity index (χ0) is 23.3. The predicted molar refractivity (Wildman–Crippen MR) is 123 cm³/mol. The summed E-state index contributed by atoms with van der Waals surface area (Å²) in [5, 5.41) is 5.88. The van der Waals surface area contributed by atoms with E-state index in [0.29, 0.717) is 22.8 Å². The molecule has 2 rings (SSSR count). The van der Waals surface area contributed by atoms with Crippen molar-refractivity contribution in [2.75, 3.05) is 21.3 Å². The topological polar surface area (TPSA) is 85.9 Å². The highest BCUT2D eigenvalue weighted by molar-refractivity contribution is 7.12. The van der Waals surface area contributed by atoms with E-state index in [-0.39, 0.29) is 17.9 Å². The maximum absolute atomic E-state index is 13.0. The Morgan fingerprint density at radius 3 is 1.90 bits per heavy atom. The van der Waals surface area contributed by atoms with Gasteiger partial charge < -0.3 is 24.8 Å². The Kier molecular flexibility index (Phi) is 8.33. The first kappa shape index (κ1) is 24.5. The number of amides is 2. The number of carbonyl (C=O) groups is 2. The van der Waals surface area contributed by atoms with E-state index in [9.17, 15) is 9.59 Å². The number of methoxy groups -OCH3 is 3. The fraction of sp³-hybridized carbons (Fsp3) is 0.478. The molecule has 0 aliphatic heterocycles. The molecular formula is C23H32N2O5S. The van der Waals surface area contributed by atoms with E-state index >= 15 is 0 Å². The minimum atomic E-state index is -0.700. The summed E-state index contributed by atoms with van der Waals surface area (Å²) >= 11 is 1.70. The zero-order valence-electron chi connectivity index (χ0n) is 19.4. The second kappa shape index (κ2) is 10.5. The molecule has 170 valence electrons. The summed E-state index contributed by atoms with van der Waals surface area (Å²) < 4.78 is 15.9. The van der Waals surface area contributed by atoms with E-state index in [2.05, 4.69) is 16.7 Å². The molecule has 1 aromatic carbocycles. The molecule has 8 heteroatoms. The van der Waals surface area contributed by atoms with Crippen LogP contribution in [0.1, 0.15) is 52.5 Å². The van der Waals surface area contributed by atoms with Crippen molar-refractivity contribution >= 4 is 23.2 Å². The summed E-state index contributed by atoms with van der Waals surface area (Å²) in [5.74, 6) is 0.400. The van der Waals surface area contributed by atoms with Crippen LogP contribution in [-0.2, 0) is 4.79 Å². The largest absolute Gasteiger partial charge is 0.493 e. The van der Waals surface area contributed by atoms with Crippen LogP contribution in [0.25, 0.3) is 0 Å². The van der Waals surface area contributed by atoms with Gasteiger partial charge in [-0.05, 0) is 50.5 Å². The first-order valence-corrected chi connectivity index (χ1v) is 10.9. The first-order valence-electron chi connectivity index (χ1n) is 10.1. The summed E-state index contributed by atoms with van der Waals surface area (Å²) in [5.41, 5.74) is 1.40. The van der Waals surface area contributed by atoms with Gasteiger partial charge in [-0.2, -0.15) is 0 Å². The zero-order valence-corrected chi connectivity index (χ0v) is 20.2. The molecule has 0 spiro atoms. The van der Waals surface area contributed by atoms with E-state index < -0.39 is 11.9 Å². The smallest absolute Gasteiger partial charge is 0.252 e. The van der Waals surface area contributed by atoms with Crippen molar-refractivity contribution in [3.8, 4) is 17.2 Å². The number of rotatable bonds is 9. The molecule has 0 saturated carbocycles. The van der Waals surface area contributed by atoms with Crippen molar-refractivity contribution in [3.05, 3.63) is 39.1 Å². The summed E-state index contributed by atoms with van der Waals surface area (Å²) in [7, 11) is 4.47. The maximum atomic E-state index is 13.0. The van der Waals surface area contributed by atoms with Crippen LogP contribution in [-0.4, -0.2) is 39.2 Å². The number of benzene rings is 1. The minimum Gasteiger partial charge on any atom is -0.493 e. The third kappa shape index (κ3) is 5.70. The van der Waals surface area contributed by atoms with Gasteiger partial charge in [-0.1, -0.05) is 13.8 Å². The van der Waals surface area contributed by atoms with Crippen LogP contribution >= 0.6 is 11.3 Å². The van der Waals surface area contributed by atoms with Gasteiger partial charge in [-0.15, -0.1) is 11.3 Å². The molecule has 2 N–H and O–H groups in total. The first-order chi connectivity index (χ1) is 14.6. The van der Waals surface area contributed by atoms with Crippen LogP contribution in [0.2, 0.25) is 0 Å². The lowest BCUT2D eigenvalue weighted by molar-refractivity contribution is -0.124. The second-order valence-corrected chi connectivity index (χ2v) is 9.17. The average Bonchev–Trinajstić information content (AvgIpc) is 3.08. The SMILES string of the molecule is COc1cc(C(=O)N[C@@H](C(=O)N[C@H](C)c2cc(C)sc2C)C(C)C)cc(OC)c1OC. The fourth-order valence-electron chi connectivity index (χ4n) is 3.43. The Bertz CT molecular complexity index is 913. The molecule has 2 atom stereocenters. The van der Waals surface area contributed by atoms with Gasteiger partial charge in [0.2, 0.25) is 11.7 Å². The van der Waals surface area contributed by atoms with Gasteiger partial charge >= 0.3 is 0 Å². The monoisotopic (exact) mass is 448 g/mol. The van der Waals surface area contributed by atoms with Gasteiger partial charge in [0.1, 0.15) is 6.04 Å². The van der Waals surface area contributed by atoms with E-state index in [4.69, 9.17) is 14.2 Å². The molecule has 0 fully saturated rings. The van der Waals surface area contributed by atoms with Gasteiger partial charge in [0.05, 0.1) is 27.4 Å². The number of ether oxygens (including phenoxy) is 3. The molecule has 2 aromatic rings. The lowest BCUT2D eigenvalue weighted by atomic mass is 10.0. The minimum absolute atomic E-state index is 0.108. The van der Waals surface area contributed by atoms with Crippen LogP contribution in [0, 0.1) is 19.8 Å². The Labute approximate surface area is 188 Å². The molecule has 7 nitrogen and oxygen atoms in total. The van der Waals surface area contributed by atoms with Gasteiger partial charge in [0.25, 0.3) is 5.91 Å². The Morgan fingerprint density at radius 1 is 0.903 bits per heavy atom. The molecule has 0 bridgehead atoms. The Morgan fingerprint density at radius 2 is 1.48 bits per heavy atom. The summed E-state index contributed by atoms with van der Waals surface area (Å²) in [6.07, 6.45) is 0. The van der Waals surface area contributed by atoms with Crippen molar-refractivity contribution in [1.29, 1.82) is 0 Å². The molecule has 2 amide bonds. The molecular weight excluding hydrogens is 416 g/mol. The molecule has 31 heavy (non-hydrogen) atoms. The second-order valence-electron chi connectivity index (χ2n) is 7.71. The van der Waals surface area contributed by atoms with Gasteiger partial charge in [0, 0.05) is 15.3 Å². The number of hydrogen-bond donors (Lipinski definition) is 2. The Balaban J connectivity index is 2.22. The number of carbonyl (C=O) groups excluding carboxylic acids is 2. The highest BCUT2D eigenvalue weighted by atomic mass is 32.1. The highest BCUT2D eigenvalue weighted by Crippen LogP contribution is 2.38. The molecule has 1 aromatic heterocycles. The van der Waals surface area contributed by atoms with Crippen LogP contribution in [0.5, 0.6) is 17.2 Å². The normalized spacial score (nSPS) is 12.8. The van der Waals surface area contributed by atoms with Crippen LogP contribution < -0.4 is 24.8 Å². The molecule has 0 radical (unpaired) electrons. The van der Waals surface area contributed by atoms with E-state index in [0.717, 1.165) is 5.56 Å². The van der Waals surface area contributed by atoms with Crippen LogP contribution in [0.15, 0.2) is 18.2 Å². The summed E-state index contributed by atoms with van der Waals surface area (Å²) in [6.45, 7) is 9.83. The number of hydrogen-bond acceptors (Lipinski definition) is 6. The summed E-state index contributed by atoms with van der Waals surface area (Å²) in [4.78, 5) is 28.4. The van der Waals surface area contributed by atoms with Crippen molar-refractivity contribution < 1.29 is 23.8 Å².